The lowest BCUT2D eigenvalue weighted by molar-refractivity contribution is -0.165. The van der Waals surface area contributed by atoms with Crippen LogP contribution in [0.5, 0.6) is 0 Å². The lowest BCUT2D eigenvalue weighted by Gasteiger charge is -2.26. The van der Waals surface area contributed by atoms with Crippen molar-refractivity contribution in [3.05, 3.63) is 11.6 Å². The zero-order valence-electron chi connectivity index (χ0n) is 11.9. The van der Waals surface area contributed by atoms with E-state index in [1.54, 1.807) is 20.8 Å². The highest BCUT2D eigenvalue weighted by Crippen LogP contribution is 2.26. The lowest BCUT2D eigenvalue weighted by atomic mass is 9.91. The predicted octanol–water partition coefficient (Wildman–Crippen LogP) is -0.0559. The molecule has 20 heavy (non-hydrogen) atoms. The number of carbonyl (C=O) groups excluding carboxylic acids is 3. The molecule has 7 heteroatoms. The molecule has 1 aliphatic heterocycles. The van der Waals surface area contributed by atoms with Crippen LogP contribution >= 0.6 is 0 Å². The second kappa shape index (κ2) is 7.04. The van der Waals surface area contributed by atoms with Gasteiger partial charge in [-0.15, -0.1) is 0 Å². The van der Waals surface area contributed by atoms with E-state index in [2.05, 4.69) is 5.32 Å². The van der Waals surface area contributed by atoms with Crippen molar-refractivity contribution in [1.82, 2.24) is 5.32 Å². The van der Waals surface area contributed by atoms with Crippen LogP contribution in [0.4, 0.5) is 0 Å². The number of hydrogen-bond acceptors (Lipinski definition) is 7. The summed E-state index contributed by atoms with van der Waals surface area (Å²) in [6, 6.07) is 0. The van der Waals surface area contributed by atoms with Crippen molar-refractivity contribution in [2.24, 2.45) is 0 Å². The monoisotopic (exact) mass is 285 g/mol. The van der Waals surface area contributed by atoms with E-state index in [1.165, 1.54) is 6.08 Å². The van der Waals surface area contributed by atoms with Gasteiger partial charge in [-0.05, 0) is 20.8 Å². The minimum atomic E-state index is -1.93. The van der Waals surface area contributed by atoms with Crippen molar-refractivity contribution >= 4 is 17.9 Å². The van der Waals surface area contributed by atoms with Gasteiger partial charge in [-0.3, -0.25) is 5.32 Å². The maximum absolute atomic E-state index is 12.2. The highest BCUT2D eigenvalue weighted by Gasteiger charge is 2.57. The molecule has 0 spiro atoms. The fraction of sp³-hybridized carbons (Fsp3) is 0.615. The highest BCUT2D eigenvalue weighted by molar-refractivity contribution is 6.16. The van der Waals surface area contributed by atoms with E-state index in [0.29, 0.717) is 0 Å². The molecule has 0 atom stereocenters. The number of rotatable bonds is 6. The first-order valence-electron chi connectivity index (χ1n) is 6.51. The summed E-state index contributed by atoms with van der Waals surface area (Å²) in [5.74, 6) is -2.47. The summed E-state index contributed by atoms with van der Waals surface area (Å²) in [4.78, 5) is 36.3. The molecule has 112 valence electrons. The van der Waals surface area contributed by atoms with Gasteiger partial charge >= 0.3 is 17.9 Å². The zero-order chi connectivity index (χ0) is 15.2. The molecule has 0 amide bonds. The summed E-state index contributed by atoms with van der Waals surface area (Å²) in [5.41, 5.74) is -2.02. The average molecular weight is 285 g/mol. The normalized spacial score (nSPS) is 16.2. The van der Waals surface area contributed by atoms with Crippen molar-refractivity contribution in [2.45, 2.75) is 26.3 Å². The van der Waals surface area contributed by atoms with Crippen LogP contribution in [0.3, 0.4) is 0 Å². The van der Waals surface area contributed by atoms with E-state index in [0.717, 1.165) is 0 Å². The van der Waals surface area contributed by atoms with E-state index in [-0.39, 0.29) is 31.9 Å². The van der Waals surface area contributed by atoms with Gasteiger partial charge in [0.1, 0.15) is 0 Å². The van der Waals surface area contributed by atoms with E-state index in [9.17, 15) is 14.4 Å². The SMILES string of the molecule is CCOC(=O)C1=CCNC1(C(=O)OCC)C(=O)OCC. The summed E-state index contributed by atoms with van der Waals surface area (Å²) >= 11 is 0. The van der Waals surface area contributed by atoms with Gasteiger partial charge in [0, 0.05) is 6.54 Å². The molecule has 0 fully saturated rings. The molecule has 7 nitrogen and oxygen atoms in total. The Morgan fingerprint density at radius 1 is 1.05 bits per heavy atom. The molecule has 0 radical (unpaired) electrons. The van der Waals surface area contributed by atoms with E-state index >= 15 is 0 Å². The minimum Gasteiger partial charge on any atom is -0.464 e. The first-order valence-corrected chi connectivity index (χ1v) is 6.51. The van der Waals surface area contributed by atoms with Crippen LogP contribution < -0.4 is 5.32 Å². The summed E-state index contributed by atoms with van der Waals surface area (Å²) < 4.78 is 14.7. The standard InChI is InChI=1S/C13H19NO6/c1-4-18-10(15)9-7-8-14-13(9,11(16)19-5-2)12(17)20-6-3/h7,14H,4-6,8H2,1-3H3. The van der Waals surface area contributed by atoms with Crippen molar-refractivity contribution in [2.75, 3.05) is 26.4 Å². The number of esters is 3. The van der Waals surface area contributed by atoms with Gasteiger partial charge in [0.05, 0.1) is 25.4 Å². The maximum atomic E-state index is 12.2. The molecule has 0 saturated heterocycles. The molecule has 1 heterocycles. The molecular weight excluding hydrogens is 266 g/mol. The van der Waals surface area contributed by atoms with Crippen LogP contribution in [-0.4, -0.2) is 49.8 Å². The molecule has 0 aromatic rings. The van der Waals surface area contributed by atoms with Crippen LogP contribution in [0.1, 0.15) is 20.8 Å². The van der Waals surface area contributed by atoms with Crippen LogP contribution in [0.15, 0.2) is 11.6 Å². The summed E-state index contributed by atoms with van der Waals surface area (Å²) in [7, 11) is 0. The van der Waals surface area contributed by atoms with Gasteiger partial charge in [0.15, 0.2) is 0 Å². The lowest BCUT2D eigenvalue weighted by Crippen LogP contribution is -2.59. The number of nitrogens with one attached hydrogen (secondary N) is 1. The molecule has 1 aliphatic rings. The fourth-order valence-corrected chi connectivity index (χ4v) is 1.93. The third-order valence-corrected chi connectivity index (χ3v) is 2.74. The minimum absolute atomic E-state index is 0.0811. The molecule has 1 rings (SSSR count). The van der Waals surface area contributed by atoms with Gasteiger partial charge in [-0.25, -0.2) is 14.4 Å². The fourth-order valence-electron chi connectivity index (χ4n) is 1.93. The Hall–Kier alpha value is -1.89. The molecular formula is C13H19NO6. The van der Waals surface area contributed by atoms with Gasteiger partial charge in [0.25, 0.3) is 0 Å². The average Bonchev–Trinajstić information content (AvgIpc) is 2.85. The van der Waals surface area contributed by atoms with Crippen molar-refractivity contribution in [1.29, 1.82) is 0 Å². The Balaban J connectivity index is 3.17. The number of ether oxygens (including phenoxy) is 3. The third kappa shape index (κ3) is 2.82. The van der Waals surface area contributed by atoms with Crippen LogP contribution in [0, 0.1) is 0 Å². The summed E-state index contributed by atoms with van der Waals surface area (Å²) in [5, 5.41) is 2.69. The van der Waals surface area contributed by atoms with Gasteiger partial charge in [-0.1, -0.05) is 6.08 Å². The van der Waals surface area contributed by atoms with E-state index < -0.39 is 23.4 Å². The van der Waals surface area contributed by atoms with Gasteiger partial charge < -0.3 is 14.2 Å². The van der Waals surface area contributed by atoms with E-state index in [4.69, 9.17) is 14.2 Å². The van der Waals surface area contributed by atoms with Crippen LogP contribution in [-0.2, 0) is 28.6 Å². The number of hydrogen-bond donors (Lipinski definition) is 1. The molecule has 0 aromatic heterocycles. The molecule has 0 unspecified atom stereocenters. The summed E-state index contributed by atoms with van der Waals surface area (Å²) in [6.45, 7) is 5.33. The smallest absolute Gasteiger partial charge is 0.343 e. The van der Waals surface area contributed by atoms with Crippen molar-refractivity contribution in [3.63, 3.8) is 0 Å². The van der Waals surface area contributed by atoms with Gasteiger partial charge in [-0.2, -0.15) is 0 Å². The van der Waals surface area contributed by atoms with Crippen LogP contribution in [0.2, 0.25) is 0 Å². The Morgan fingerprint density at radius 3 is 2.00 bits per heavy atom. The molecule has 1 N–H and O–H groups in total. The summed E-state index contributed by atoms with van der Waals surface area (Å²) in [6.07, 6.45) is 1.44. The second-order valence-corrected chi connectivity index (χ2v) is 3.91. The topological polar surface area (TPSA) is 90.9 Å². The molecule has 0 aromatic carbocycles. The zero-order valence-corrected chi connectivity index (χ0v) is 11.9. The van der Waals surface area contributed by atoms with Gasteiger partial charge in [0.2, 0.25) is 5.54 Å². The molecule has 0 bridgehead atoms. The Labute approximate surface area is 117 Å². The molecule has 0 saturated carbocycles. The quantitative estimate of drug-likeness (QED) is 0.415. The first-order chi connectivity index (χ1) is 9.54. The van der Waals surface area contributed by atoms with Crippen LogP contribution in [0.25, 0.3) is 0 Å². The Bertz CT molecular complexity index is 411. The largest absolute Gasteiger partial charge is 0.464 e. The number of carbonyl (C=O) groups is 3. The van der Waals surface area contributed by atoms with Crippen molar-refractivity contribution in [3.8, 4) is 0 Å². The predicted molar refractivity (Wildman–Crippen MR) is 68.7 cm³/mol. The van der Waals surface area contributed by atoms with Crippen molar-refractivity contribution < 1.29 is 28.6 Å². The first kappa shape index (κ1) is 16.2. The molecule has 0 aliphatic carbocycles. The third-order valence-electron chi connectivity index (χ3n) is 2.74. The Morgan fingerprint density at radius 2 is 1.55 bits per heavy atom. The Kier molecular flexibility index (Phi) is 5.69. The van der Waals surface area contributed by atoms with E-state index in [1.807, 2.05) is 0 Å². The second-order valence-electron chi connectivity index (χ2n) is 3.91. The maximum Gasteiger partial charge on any atom is 0.343 e. The highest BCUT2D eigenvalue weighted by atomic mass is 16.6.